The smallest absolute Gasteiger partial charge is 0.307 e. The molecule has 2 rings (SSSR count). The van der Waals surface area contributed by atoms with Crippen LogP contribution in [0.4, 0.5) is 0 Å². The zero-order chi connectivity index (χ0) is 20.0. The molecule has 144 valence electrons. The van der Waals surface area contributed by atoms with Crippen LogP contribution >= 0.6 is 0 Å². The van der Waals surface area contributed by atoms with E-state index in [0.29, 0.717) is 11.3 Å². The Hall–Kier alpha value is -2.87. The molecule has 1 unspecified atom stereocenters. The van der Waals surface area contributed by atoms with E-state index in [9.17, 15) is 18.0 Å². The van der Waals surface area contributed by atoms with E-state index in [2.05, 4.69) is 5.32 Å². The predicted molar refractivity (Wildman–Crippen MR) is 99.4 cm³/mol. The molecule has 8 heteroatoms. The first-order valence-corrected chi connectivity index (χ1v) is 9.95. The lowest BCUT2D eigenvalue weighted by atomic mass is 10.0. The number of amides is 1. The van der Waals surface area contributed by atoms with Crippen LogP contribution in [0.5, 0.6) is 5.75 Å². The van der Waals surface area contributed by atoms with E-state index in [1.807, 2.05) is 0 Å². The average Bonchev–Trinajstić information content (AvgIpc) is 2.66. The molecule has 0 bridgehead atoms. The van der Waals surface area contributed by atoms with Crippen LogP contribution in [-0.2, 0) is 19.4 Å². The minimum absolute atomic E-state index is 0.0456. The number of hydrogen-bond donors (Lipinski definition) is 1. The van der Waals surface area contributed by atoms with Crippen LogP contribution < -0.4 is 10.1 Å². The highest BCUT2D eigenvalue weighted by Gasteiger charge is 2.20. The van der Waals surface area contributed by atoms with Crippen molar-refractivity contribution >= 4 is 21.7 Å². The van der Waals surface area contributed by atoms with Gasteiger partial charge in [-0.2, -0.15) is 0 Å². The van der Waals surface area contributed by atoms with Crippen molar-refractivity contribution < 1.29 is 27.5 Å². The Kier molecular flexibility index (Phi) is 6.57. The van der Waals surface area contributed by atoms with E-state index in [4.69, 9.17) is 9.47 Å². The van der Waals surface area contributed by atoms with Gasteiger partial charge in [-0.25, -0.2) is 8.42 Å². The largest absolute Gasteiger partial charge is 0.497 e. The number of methoxy groups -OCH3 is 2. The molecule has 0 fully saturated rings. The van der Waals surface area contributed by atoms with Gasteiger partial charge in [-0.3, -0.25) is 9.59 Å². The van der Waals surface area contributed by atoms with Crippen molar-refractivity contribution in [2.24, 2.45) is 0 Å². The number of benzene rings is 2. The summed E-state index contributed by atoms with van der Waals surface area (Å²) in [6, 6.07) is 11.9. The maximum absolute atomic E-state index is 12.5. The average molecular weight is 391 g/mol. The molecular weight excluding hydrogens is 370 g/mol. The number of carbonyl (C=O) groups excluding carboxylic acids is 2. The highest BCUT2D eigenvalue weighted by molar-refractivity contribution is 7.90. The molecule has 0 aliphatic heterocycles. The molecule has 2 aromatic carbocycles. The summed E-state index contributed by atoms with van der Waals surface area (Å²) in [5.41, 5.74) is 0.994. The normalized spacial score (nSPS) is 12.1. The van der Waals surface area contributed by atoms with Gasteiger partial charge in [-0.05, 0) is 42.0 Å². The van der Waals surface area contributed by atoms with Crippen LogP contribution in [0.1, 0.15) is 28.4 Å². The van der Waals surface area contributed by atoms with Crippen molar-refractivity contribution in [2.45, 2.75) is 17.4 Å². The van der Waals surface area contributed by atoms with Gasteiger partial charge in [0, 0.05) is 11.8 Å². The summed E-state index contributed by atoms with van der Waals surface area (Å²) < 4.78 is 32.9. The lowest BCUT2D eigenvalue weighted by molar-refractivity contribution is -0.141. The molecule has 0 heterocycles. The number of nitrogens with one attached hydrogen (secondary N) is 1. The maximum Gasteiger partial charge on any atom is 0.307 e. The summed E-state index contributed by atoms with van der Waals surface area (Å²) in [6.45, 7) is 0. The molecule has 0 spiro atoms. The van der Waals surface area contributed by atoms with Crippen molar-refractivity contribution in [1.29, 1.82) is 0 Å². The van der Waals surface area contributed by atoms with E-state index in [-0.39, 0.29) is 16.9 Å². The first kappa shape index (κ1) is 20.4. The van der Waals surface area contributed by atoms with Gasteiger partial charge in [-0.15, -0.1) is 0 Å². The van der Waals surface area contributed by atoms with Crippen LogP contribution in [0, 0.1) is 0 Å². The Morgan fingerprint density at radius 3 is 2.07 bits per heavy atom. The van der Waals surface area contributed by atoms with E-state index >= 15 is 0 Å². The molecule has 1 atom stereocenters. The second kappa shape index (κ2) is 8.68. The topological polar surface area (TPSA) is 98.8 Å². The van der Waals surface area contributed by atoms with E-state index in [1.54, 1.807) is 31.4 Å². The molecule has 1 N–H and O–H groups in total. The Labute approximate surface area is 158 Å². The minimum atomic E-state index is -3.34. The fraction of sp³-hybridized carbons (Fsp3) is 0.263. The maximum atomic E-state index is 12.5. The Balaban J connectivity index is 2.22. The van der Waals surface area contributed by atoms with Gasteiger partial charge in [0.1, 0.15) is 5.75 Å². The van der Waals surface area contributed by atoms with Crippen LogP contribution in [0.15, 0.2) is 53.4 Å². The lowest BCUT2D eigenvalue weighted by Gasteiger charge is -2.18. The SMILES string of the molecule is COC(=O)CC(NC(=O)c1ccc(S(C)(=O)=O)cc1)c1ccc(OC)cc1. The van der Waals surface area contributed by atoms with Gasteiger partial charge in [0.15, 0.2) is 9.84 Å². The molecule has 27 heavy (non-hydrogen) atoms. The third kappa shape index (κ3) is 5.55. The summed E-state index contributed by atoms with van der Waals surface area (Å²) >= 11 is 0. The molecule has 2 aromatic rings. The van der Waals surface area contributed by atoms with Crippen molar-refractivity contribution in [3.05, 3.63) is 59.7 Å². The second-order valence-electron chi connectivity index (χ2n) is 5.88. The van der Waals surface area contributed by atoms with Gasteiger partial charge in [0.25, 0.3) is 5.91 Å². The lowest BCUT2D eigenvalue weighted by Crippen LogP contribution is -2.30. The predicted octanol–water partition coefficient (Wildman–Crippen LogP) is 2.13. The van der Waals surface area contributed by atoms with Gasteiger partial charge < -0.3 is 14.8 Å². The van der Waals surface area contributed by atoms with E-state index < -0.39 is 27.8 Å². The Morgan fingerprint density at radius 2 is 1.59 bits per heavy atom. The molecule has 7 nitrogen and oxygen atoms in total. The number of ether oxygens (including phenoxy) is 2. The summed E-state index contributed by atoms with van der Waals surface area (Å²) in [5, 5.41) is 2.78. The summed E-state index contributed by atoms with van der Waals surface area (Å²) in [6.07, 6.45) is 1.05. The van der Waals surface area contributed by atoms with Gasteiger partial charge in [-0.1, -0.05) is 12.1 Å². The molecule has 0 radical (unpaired) electrons. The molecule has 1 amide bonds. The van der Waals surface area contributed by atoms with Crippen molar-refractivity contribution in [1.82, 2.24) is 5.32 Å². The van der Waals surface area contributed by atoms with Crippen LogP contribution in [0.25, 0.3) is 0 Å². The molecular formula is C19H21NO6S. The van der Waals surface area contributed by atoms with E-state index in [0.717, 1.165) is 6.26 Å². The van der Waals surface area contributed by atoms with Crippen molar-refractivity contribution in [2.75, 3.05) is 20.5 Å². The molecule has 0 aliphatic rings. The standard InChI is InChI=1S/C19H21NO6S/c1-25-15-8-4-13(5-9-15)17(12-18(21)26-2)20-19(22)14-6-10-16(11-7-14)27(3,23)24/h4-11,17H,12H2,1-3H3,(H,20,22). The number of sulfone groups is 1. The minimum Gasteiger partial charge on any atom is -0.497 e. The van der Waals surface area contributed by atoms with Gasteiger partial charge in [0.2, 0.25) is 0 Å². The Bertz CT molecular complexity index is 904. The third-order valence-corrected chi connectivity index (χ3v) is 5.10. The highest BCUT2D eigenvalue weighted by Crippen LogP contribution is 2.21. The fourth-order valence-electron chi connectivity index (χ4n) is 2.43. The summed E-state index contributed by atoms with van der Waals surface area (Å²) in [4.78, 5) is 24.4. The van der Waals surface area contributed by atoms with Crippen LogP contribution in [-0.4, -0.2) is 40.8 Å². The second-order valence-corrected chi connectivity index (χ2v) is 7.89. The number of esters is 1. The van der Waals surface area contributed by atoms with Gasteiger partial charge >= 0.3 is 5.97 Å². The van der Waals surface area contributed by atoms with E-state index in [1.165, 1.54) is 31.4 Å². The zero-order valence-corrected chi connectivity index (χ0v) is 16.1. The summed E-state index contributed by atoms with van der Waals surface area (Å²) in [7, 11) is -0.521. The number of hydrogen-bond acceptors (Lipinski definition) is 6. The van der Waals surface area contributed by atoms with Crippen LogP contribution in [0.2, 0.25) is 0 Å². The van der Waals surface area contributed by atoms with Crippen molar-refractivity contribution in [3.63, 3.8) is 0 Å². The number of carbonyl (C=O) groups is 2. The summed E-state index contributed by atoms with van der Waals surface area (Å²) in [5.74, 6) is -0.249. The Morgan fingerprint density at radius 1 is 1.00 bits per heavy atom. The monoisotopic (exact) mass is 391 g/mol. The number of rotatable bonds is 7. The zero-order valence-electron chi connectivity index (χ0n) is 15.3. The first-order valence-electron chi connectivity index (χ1n) is 8.06. The van der Waals surface area contributed by atoms with Gasteiger partial charge in [0.05, 0.1) is 31.6 Å². The fourth-order valence-corrected chi connectivity index (χ4v) is 3.06. The molecule has 0 saturated carbocycles. The van der Waals surface area contributed by atoms with Crippen LogP contribution in [0.3, 0.4) is 0 Å². The first-order chi connectivity index (χ1) is 12.7. The molecule has 0 aromatic heterocycles. The third-order valence-electron chi connectivity index (χ3n) is 3.97. The highest BCUT2D eigenvalue weighted by atomic mass is 32.2. The molecule has 0 saturated heterocycles. The molecule has 0 aliphatic carbocycles. The van der Waals surface area contributed by atoms with Crippen molar-refractivity contribution in [3.8, 4) is 5.75 Å². The quantitative estimate of drug-likeness (QED) is 0.726.